The maximum atomic E-state index is 9.63. The molecule has 0 bridgehead atoms. The number of aromatic nitrogens is 2. The molecule has 1 atom stereocenters. The van der Waals surface area contributed by atoms with Crippen molar-refractivity contribution in [1.29, 1.82) is 0 Å². The van der Waals surface area contributed by atoms with Crippen LogP contribution in [0.3, 0.4) is 0 Å². The van der Waals surface area contributed by atoms with Gasteiger partial charge in [0.2, 0.25) is 0 Å². The summed E-state index contributed by atoms with van der Waals surface area (Å²) < 4.78 is 0. The standard InChI is InChI=1S/C12H17N3OS2/c1-7-11(8(2)16)18-12(13-7)15(4)5-10-6-17-9(3)14-10/h6,8,16H,5H2,1-4H3. The Kier molecular flexibility index (Phi) is 3.99. The van der Waals surface area contributed by atoms with E-state index in [1.165, 1.54) is 0 Å². The van der Waals surface area contributed by atoms with Crippen LogP contribution in [0.2, 0.25) is 0 Å². The van der Waals surface area contributed by atoms with Gasteiger partial charge in [-0.2, -0.15) is 0 Å². The van der Waals surface area contributed by atoms with Gasteiger partial charge in [0.15, 0.2) is 5.13 Å². The molecule has 1 unspecified atom stereocenters. The Morgan fingerprint density at radius 3 is 2.61 bits per heavy atom. The van der Waals surface area contributed by atoms with Crippen molar-refractivity contribution in [1.82, 2.24) is 9.97 Å². The molecule has 0 radical (unpaired) electrons. The molecule has 0 aliphatic heterocycles. The highest BCUT2D eigenvalue weighted by Crippen LogP contribution is 2.30. The lowest BCUT2D eigenvalue weighted by atomic mass is 10.3. The topological polar surface area (TPSA) is 49.2 Å². The number of aliphatic hydroxyl groups is 1. The Morgan fingerprint density at radius 2 is 2.11 bits per heavy atom. The van der Waals surface area contributed by atoms with Crippen molar-refractivity contribution in [3.05, 3.63) is 26.7 Å². The molecule has 0 aromatic carbocycles. The summed E-state index contributed by atoms with van der Waals surface area (Å²) in [7, 11) is 2.00. The predicted octanol–water partition coefficient (Wildman–Crippen LogP) is 2.91. The first-order chi connectivity index (χ1) is 8.47. The van der Waals surface area contributed by atoms with E-state index >= 15 is 0 Å². The summed E-state index contributed by atoms with van der Waals surface area (Å²) in [5.74, 6) is 0. The van der Waals surface area contributed by atoms with E-state index in [0.29, 0.717) is 0 Å². The Bertz CT molecular complexity index is 533. The Labute approximate surface area is 115 Å². The van der Waals surface area contributed by atoms with E-state index in [1.807, 2.05) is 20.9 Å². The van der Waals surface area contributed by atoms with Crippen molar-refractivity contribution in [2.24, 2.45) is 0 Å². The summed E-state index contributed by atoms with van der Waals surface area (Å²) in [6.45, 7) is 6.46. The Morgan fingerprint density at radius 1 is 1.39 bits per heavy atom. The van der Waals surface area contributed by atoms with Crippen LogP contribution in [0.5, 0.6) is 0 Å². The molecule has 0 saturated carbocycles. The monoisotopic (exact) mass is 283 g/mol. The average molecular weight is 283 g/mol. The summed E-state index contributed by atoms with van der Waals surface area (Å²) >= 11 is 3.20. The zero-order valence-electron chi connectivity index (χ0n) is 11.0. The molecule has 1 N–H and O–H groups in total. The largest absolute Gasteiger partial charge is 0.388 e. The zero-order chi connectivity index (χ0) is 13.3. The number of hydrogen-bond acceptors (Lipinski definition) is 6. The molecule has 2 aromatic heterocycles. The predicted molar refractivity (Wildman–Crippen MR) is 76.4 cm³/mol. The zero-order valence-corrected chi connectivity index (χ0v) is 12.6. The molecule has 0 spiro atoms. The van der Waals surface area contributed by atoms with Crippen LogP contribution in [-0.4, -0.2) is 22.1 Å². The second-order valence-corrected chi connectivity index (χ2v) is 6.41. The highest BCUT2D eigenvalue weighted by atomic mass is 32.1. The van der Waals surface area contributed by atoms with Crippen molar-refractivity contribution < 1.29 is 5.11 Å². The van der Waals surface area contributed by atoms with Gasteiger partial charge in [0.05, 0.1) is 33.9 Å². The van der Waals surface area contributed by atoms with E-state index < -0.39 is 6.10 Å². The lowest BCUT2D eigenvalue weighted by molar-refractivity contribution is 0.202. The molecule has 2 heterocycles. The minimum Gasteiger partial charge on any atom is -0.388 e. The summed E-state index contributed by atoms with van der Waals surface area (Å²) in [6.07, 6.45) is -0.453. The highest BCUT2D eigenvalue weighted by molar-refractivity contribution is 7.15. The number of nitrogens with zero attached hydrogens (tertiary/aromatic N) is 3. The fourth-order valence-corrected chi connectivity index (χ4v) is 3.30. The number of rotatable bonds is 4. The van der Waals surface area contributed by atoms with Gasteiger partial charge in [-0.25, -0.2) is 9.97 Å². The lowest BCUT2D eigenvalue weighted by Gasteiger charge is -2.13. The minimum absolute atomic E-state index is 0.453. The van der Waals surface area contributed by atoms with E-state index in [0.717, 1.165) is 32.9 Å². The first kappa shape index (κ1) is 13.5. The van der Waals surface area contributed by atoms with Crippen molar-refractivity contribution in [3.8, 4) is 0 Å². The minimum atomic E-state index is -0.453. The number of hydrogen-bond donors (Lipinski definition) is 1. The second-order valence-electron chi connectivity index (χ2n) is 4.34. The van der Waals surface area contributed by atoms with E-state index in [4.69, 9.17) is 0 Å². The van der Waals surface area contributed by atoms with Gasteiger partial charge in [0, 0.05) is 12.4 Å². The summed E-state index contributed by atoms with van der Waals surface area (Å²) in [5, 5.41) is 13.7. The van der Waals surface area contributed by atoms with Crippen molar-refractivity contribution in [2.75, 3.05) is 11.9 Å². The summed E-state index contributed by atoms with van der Waals surface area (Å²) in [5.41, 5.74) is 1.97. The van der Waals surface area contributed by atoms with E-state index in [-0.39, 0.29) is 0 Å². The van der Waals surface area contributed by atoms with Crippen LogP contribution in [-0.2, 0) is 6.54 Å². The average Bonchev–Trinajstić information content (AvgIpc) is 2.85. The third-order valence-corrected chi connectivity index (χ3v) is 4.86. The molecule has 0 fully saturated rings. The first-order valence-electron chi connectivity index (χ1n) is 5.75. The SMILES string of the molecule is Cc1nc(CN(C)c2nc(C)c(C(C)O)s2)cs1. The fraction of sp³-hybridized carbons (Fsp3) is 0.500. The van der Waals surface area contributed by atoms with Gasteiger partial charge >= 0.3 is 0 Å². The van der Waals surface area contributed by atoms with Crippen LogP contribution in [0, 0.1) is 13.8 Å². The second kappa shape index (κ2) is 5.34. The van der Waals surface area contributed by atoms with Crippen LogP contribution in [0.25, 0.3) is 0 Å². The van der Waals surface area contributed by atoms with Crippen molar-refractivity contribution >= 4 is 27.8 Å². The molecule has 4 nitrogen and oxygen atoms in total. The van der Waals surface area contributed by atoms with Gasteiger partial charge in [0.25, 0.3) is 0 Å². The molecule has 98 valence electrons. The molecule has 2 aromatic rings. The van der Waals surface area contributed by atoms with Gasteiger partial charge in [-0.05, 0) is 20.8 Å². The quantitative estimate of drug-likeness (QED) is 0.937. The maximum Gasteiger partial charge on any atom is 0.185 e. The molecule has 18 heavy (non-hydrogen) atoms. The van der Waals surface area contributed by atoms with Crippen LogP contribution < -0.4 is 4.90 Å². The fourth-order valence-electron chi connectivity index (χ4n) is 1.74. The van der Waals surface area contributed by atoms with Crippen LogP contribution in [0.1, 0.15) is 34.3 Å². The third-order valence-electron chi connectivity index (χ3n) is 2.59. The molecule has 0 saturated heterocycles. The number of anilines is 1. The van der Waals surface area contributed by atoms with Crippen molar-refractivity contribution in [2.45, 2.75) is 33.4 Å². The molecule has 6 heteroatoms. The molecule has 2 rings (SSSR count). The van der Waals surface area contributed by atoms with E-state index in [1.54, 1.807) is 29.6 Å². The molecule has 0 aliphatic carbocycles. The molecular formula is C12H17N3OS2. The number of aryl methyl sites for hydroxylation is 2. The Balaban J connectivity index is 2.13. The van der Waals surface area contributed by atoms with Gasteiger partial charge in [-0.3, -0.25) is 0 Å². The summed E-state index contributed by atoms with van der Waals surface area (Å²) in [6, 6.07) is 0. The normalized spacial score (nSPS) is 12.7. The number of thiazole rings is 2. The number of aliphatic hydroxyl groups excluding tert-OH is 1. The van der Waals surface area contributed by atoms with Gasteiger partial charge in [0.1, 0.15) is 0 Å². The van der Waals surface area contributed by atoms with Gasteiger partial charge < -0.3 is 10.0 Å². The third kappa shape index (κ3) is 2.88. The smallest absolute Gasteiger partial charge is 0.185 e. The van der Waals surface area contributed by atoms with Crippen LogP contribution in [0.15, 0.2) is 5.38 Å². The Hall–Kier alpha value is -0.980. The molecule has 0 aliphatic rings. The van der Waals surface area contributed by atoms with Gasteiger partial charge in [-0.15, -0.1) is 11.3 Å². The molecule has 0 amide bonds. The van der Waals surface area contributed by atoms with Crippen molar-refractivity contribution in [3.63, 3.8) is 0 Å². The van der Waals surface area contributed by atoms with E-state index in [2.05, 4.69) is 20.2 Å². The lowest BCUT2D eigenvalue weighted by Crippen LogP contribution is -2.16. The van der Waals surface area contributed by atoms with E-state index in [9.17, 15) is 5.11 Å². The first-order valence-corrected chi connectivity index (χ1v) is 7.44. The van der Waals surface area contributed by atoms with Crippen LogP contribution >= 0.6 is 22.7 Å². The van der Waals surface area contributed by atoms with Gasteiger partial charge in [-0.1, -0.05) is 11.3 Å². The summed E-state index contributed by atoms with van der Waals surface area (Å²) in [4.78, 5) is 11.9. The highest BCUT2D eigenvalue weighted by Gasteiger charge is 2.15. The molecular weight excluding hydrogens is 266 g/mol. The van der Waals surface area contributed by atoms with Crippen LogP contribution in [0.4, 0.5) is 5.13 Å². The maximum absolute atomic E-state index is 9.63.